The molecule has 29 heavy (non-hydrogen) atoms. The summed E-state index contributed by atoms with van der Waals surface area (Å²) in [4.78, 5) is 18.6. The molecule has 0 unspecified atom stereocenters. The molecular weight excluding hydrogens is 358 g/mol. The van der Waals surface area contributed by atoms with Crippen LogP contribution in [-0.2, 0) is 11.3 Å². The van der Waals surface area contributed by atoms with Crippen molar-refractivity contribution in [2.45, 2.75) is 111 Å². The first kappa shape index (κ1) is 25.7. The number of hydrogen-bond acceptors (Lipinski definition) is 2. The van der Waals surface area contributed by atoms with Gasteiger partial charge in [-0.2, -0.15) is 0 Å². The second-order valence-electron chi connectivity index (χ2n) is 8.22. The van der Waals surface area contributed by atoms with E-state index in [0.717, 1.165) is 44.1 Å². The molecule has 0 saturated carbocycles. The molecule has 0 spiro atoms. The molecule has 166 valence electrons. The topological polar surface area (TPSA) is 29.5 Å². The Kier molecular flexibility index (Phi) is 15.5. The first-order valence-electron chi connectivity index (χ1n) is 12.3. The second kappa shape index (κ2) is 17.5. The Hall–Kier alpha value is -1.35. The number of unbranched alkanes of at least 4 members (excludes halogenated alkanes) is 10. The largest absolute Gasteiger partial charge is 0.277 e. The Morgan fingerprint density at radius 2 is 1.28 bits per heavy atom. The van der Waals surface area contributed by atoms with Crippen molar-refractivity contribution in [1.82, 2.24) is 5.06 Å². The molecule has 0 bridgehead atoms. The average Bonchev–Trinajstić information content (AvgIpc) is 2.75. The van der Waals surface area contributed by atoms with Crippen molar-refractivity contribution in [3.8, 4) is 0 Å². The van der Waals surface area contributed by atoms with E-state index in [9.17, 15) is 4.79 Å². The molecule has 1 rings (SSSR count). The van der Waals surface area contributed by atoms with Crippen molar-refractivity contribution in [2.24, 2.45) is 0 Å². The number of hydroxylamine groups is 2. The van der Waals surface area contributed by atoms with Crippen LogP contribution in [0.5, 0.6) is 0 Å². The number of amides is 1. The van der Waals surface area contributed by atoms with Crippen LogP contribution in [0.15, 0.2) is 24.3 Å². The van der Waals surface area contributed by atoms with Crippen LogP contribution in [0.25, 0.3) is 0 Å². The zero-order chi connectivity index (χ0) is 21.2. The zero-order valence-corrected chi connectivity index (χ0v) is 19.4. The molecule has 3 nitrogen and oxygen atoms in total. The summed E-state index contributed by atoms with van der Waals surface area (Å²) >= 11 is 0. The van der Waals surface area contributed by atoms with Crippen LogP contribution in [0.4, 0.5) is 0 Å². The minimum atomic E-state index is -0.00386. The lowest BCUT2D eigenvalue weighted by molar-refractivity contribution is -0.124. The van der Waals surface area contributed by atoms with E-state index >= 15 is 0 Å². The minimum absolute atomic E-state index is 0.00386. The predicted octanol–water partition coefficient (Wildman–Crippen LogP) is 7.73. The first-order chi connectivity index (χ1) is 14.2. The van der Waals surface area contributed by atoms with Gasteiger partial charge in [-0.25, -0.2) is 5.06 Å². The van der Waals surface area contributed by atoms with Crippen molar-refractivity contribution < 1.29 is 9.63 Å². The molecule has 0 aliphatic rings. The molecule has 0 N–H and O–H groups in total. The van der Waals surface area contributed by atoms with Gasteiger partial charge >= 0.3 is 0 Å². The molecule has 1 aromatic rings. The molecule has 3 heteroatoms. The Balaban J connectivity index is 2.40. The number of nitrogens with zero attached hydrogens (tertiary/aromatic N) is 1. The monoisotopic (exact) mass is 403 g/mol. The van der Waals surface area contributed by atoms with E-state index < -0.39 is 0 Å². The van der Waals surface area contributed by atoms with Gasteiger partial charge in [0.25, 0.3) is 5.91 Å². The van der Waals surface area contributed by atoms with E-state index in [1.165, 1.54) is 56.9 Å². The van der Waals surface area contributed by atoms with Crippen LogP contribution >= 0.6 is 0 Å². The number of aryl methyl sites for hydroxylation is 1. The number of hydrogen-bond donors (Lipinski definition) is 0. The highest BCUT2D eigenvalue weighted by molar-refractivity contribution is 5.93. The smallest absolute Gasteiger partial charge is 0.271 e. The van der Waals surface area contributed by atoms with Crippen LogP contribution in [0, 0.1) is 0 Å². The SMILES string of the molecule is CCCCCCCCCCc1ccc(C(=O)N(CCCCC)OCCCC)cc1. The van der Waals surface area contributed by atoms with Crippen LogP contribution in [-0.4, -0.2) is 24.1 Å². The Bertz CT molecular complexity index is 502. The maximum absolute atomic E-state index is 12.9. The van der Waals surface area contributed by atoms with Crippen molar-refractivity contribution >= 4 is 5.91 Å². The third kappa shape index (κ3) is 12.1. The van der Waals surface area contributed by atoms with Crippen molar-refractivity contribution in [2.75, 3.05) is 13.2 Å². The van der Waals surface area contributed by atoms with Gasteiger partial charge in [0.1, 0.15) is 0 Å². The van der Waals surface area contributed by atoms with Crippen molar-refractivity contribution in [1.29, 1.82) is 0 Å². The van der Waals surface area contributed by atoms with Gasteiger partial charge in [0.15, 0.2) is 0 Å². The summed E-state index contributed by atoms with van der Waals surface area (Å²) in [5.74, 6) is -0.00386. The number of rotatable bonds is 18. The van der Waals surface area contributed by atoms with E-state index in [1.54, 1.807) is 5.06 Å². The van der Waals surface area contributed by atoms with Gasteiger partial charge < -0.3 is 0 Å². The summed E-state index contributed by atoms with van der Waals surface area (Å²) in [6, 6.07) is 8.17. The van der Waals surface area contributed by atoms with Crippen LogP contribution in [0.2, 0.25) is 0 Å². The minimum Gasteiger partial charge on any atom is -0.271 e. The standard InChI is InChI=1S/C26H45NO2/c1-4-7-10-11-12-13-14-15-17-24-18-20-25(21-19-24)26(28)27(22-16-8-5-2)29-23-9-6-3/h18-21H,4-17,22-23H2,1-3H3. The Labute approximate surface area is 180 Å². The van der Waals surface area contributed by atoms with Crippen LogP contribution < -0.4 is 0 Å². The quantitative estimate of drug-likeness (QED) is 0.185. The maximum Gasteiger partial charge on any atom is 0.277 e. The van der Waals surface area contributed by atoms with Crippen molar-refractivity contribution in [3.05, 3.63) is 35.4 Å². The fourth-order valence-corrected chi connectivity index (χ4v) is 3.47. The van der Waals surface area contributed by atoms with Crippen LogP contribution in [0.1, 0.15) is 120 Å². The molecule has 0 aliphatic heterocycles. The molecular formula is C26H45NO2. The third-order valence-corrected chi connectivity index (χ3v) is 5.46. The lowest BCUT2D eigenvalue weighted by Crippen LogP contribution is -2.32. The van der Waals surface area contributed by atoms with E-state index in [1.807, 2.05) is 12.1 Å². The van der Waals surface area contributed by atoms with E-state index in [4.69, 9.17) is 4.84 Å². The van der Waals surface area contributed by atoms with Gasteiger partial charge in [0, 0.05) is 12.1 Å². The van der Waals surface area contributed by atoms with Gasteiger partial charge in [0.2, 0.25) is 0 Å². The lowest BCUT2D eigenvalue weighted by Gasteiger charge is -2.22. The fourth-order valence-electron chi connectivity index (χ4n) is 3.47. The second-order valence-corrected chi connectivity index (χ2v) is 8.22. The van der Waals surface area contributed by atoms with Crippen LogP contribution in [0.3, 0.4) is 0 Å². The van der Waals surface area contributed by atoms with E-state index in [2.05, 4.69) is 32.9 Å². The van der Waals surface area contributed by atoms with E-state index in [0.29, 0.717) is 13.2 Å². The summed E-state index contributed by atoms with van der Waals surface area (Å²) in [6.07, 6.45) is 17.2. The molecule has 1 aromatic carbocycles. The molecule has 0 aliphatic carbocycles. The molecule has 0 heterocycles. The van der Waals surface area contributed by atoms with Gasteiger partial charge in [-0.15, -0.1) is 0 Å². The highest BCUT2D eigenvalue weighted by atomic mass is 16.7. The Morgan fingerprint density at radius 3 is 1.90 bits per heavy atom. The summed E-state index contributed by atoms with van der Waals surface area (Å²) in [5, 5.41) is 1.58. The Morgan fingerprint density at radius 1 is 0.724 bits per heavy atom. The molecule has 0 saturated heterocycles. The molecule has 1 amide bonds. The summed E-state index contributed by atoms with van der Waals surface area (Å²) < 4.78 is 0. The van der Waals surface area contributed by atoms with E-state index in [-0.39, 0.29) is 5.91 Å². The maximum atomic E-state index is 12.9. The molecule has 0 radical (unpaired) electrons. The third-order valence-electron chi connectivity index (χ3n) is 5.46. The lowest BCUT2D eigenvalue weighted by atomic mass is 10.0. The normalized spacial score (nSPS) is 11.0. The van der Waals surface area contributed by atoms with Gasteiger partial charge in [-0.3, -0.25) is 9.63 Å². The zero-order valence-electron chi connectivity index (χ0n) is 19.4. The summed E-state index contributed by atoms with van der Waals surface area (Å²) in [6.45, 7) is 7.87. The fraction of sp³-hybridized carbons (Fsp3) is 0.731. The molecule has 0 fully saturated rings. The summed E-state index contributed by atoms with van der Waals surface area (Å²) in [7, 11) is 0. The van der Waals surface area contributed by atoms with Gasteiger partial charge in [-0.05, 0) is 43.4 Å². The van der Waals surface area contributed by atoms with Gasteiger partial charge in [-0.1, -0.05) is 97.1 Å². The predicted molar refractivity (Wildman–Crippen MR) is 124 cm³/mol. The number of carbonyl (C=O) groups is 1. The first-order valence-corrected chi connectivity index (χ1v) is 12.3. The summed E-state index contributed by atoms with van der Waals surface area (Å²) in [5.41, 5.74) is 2.06. The molecule has 0 atom stereocenters. The highest BCUT2D eigenvalue weighted by Gasteiger charge is 2.16. The average molecular weight is 404 g/mol. The van der Waals surface area contributed by atoms with Crippen molar-refractivity contribution in [3.63, 3.8) is 0 Å². The number of benzene rings is 1. The number of carbonyl (C=O) groups excluding carboxylic acids is 1. The molecule has 0 aromatic heterocycles. The highest BCUT2D eigenvalue weighted by Crippen LogP contribution is 2.14. The van der Waals surface area contributed by atoms with Gasteiger partial charge in [0.05, 0.1) is 6.61 Å².